The average molecular weight is 213 g/mol. The van der Waals surface area contributed by atoms with Crippen LogP contribution in [0.15, 0.2) is 16.8 Å². The van der Waals surface area contributed by atoms with Gasteiger partial charge in [-0.3, -0.25) is 0 Å². The van der Waals surface area contributed by atoms with Gasteiger partial charge in [-0.05, 0) is 13.2 Å². The summed E-state index contributed by atoms with van der Waals surface area (Å²) in [4.78, 5) is 14.7. The molecule has 0 amide bonds. The van der Waals surface area contributed by atoms with Crippen LogP contribution in [0.25, 0.3) is 0 Å². The zero-order valence-electron chi connectivity index (χ0n) is 7.98. The van der Waals surface area contributed by atoms with Gasteiger partial charge >= 0.3 is 5.97 Å². The largest absolute Gasteiger partial charge is 0.462 e. The Hall–Kier alpha value is -1.48. The number of carbonyl (C=O) groups is 1. The van der Waals surface area contributed by atoms with Gasteiger partial charge in [-0.25, -0.2) is 9.79 Å². The van der Waals surface area contributed by atoms with E-state index in [1.54, 1.807) is 19.2 Å². The normalized spacial score (nSPS) is 12.1. The molecular weight excluding hydrogens is 202 g/mol. The van der Waals surface area contributed by atoms with Crippen LogP contribution in [0.1, 0.15) is 6.92 Å². The summed E-state index contributed by atoms with van der Waals surface area (Å²) < 4.78 is 4.61. The van der Waals surface area contributed by atoms with Crippen LogP contribution in [0.3, 0.4) is 0 Å². The molecule has 0 aliphatic carbocycles. The van der Waals surface area contributed by atoms with Gasteiger partial charge < -0.3 is 10.5 Å². The third-order valence-corrected chi connectivity index (χ3v) is 1.67. The maximum absolute atomic E-state index is 11.0. The third kappa shape index (κ3) is 4.52. The minimum Gasteiger partial charge on any atom is -0.462 e. The van der Waals surface area contributed by atoms with E-state index in [0.29, 0.717) is 0 Å². The number of nitrogens with two attached hydrogens (primary N) is 1. The molecule has 6 heteroatoms. The first-order valence-electron chi connectivity index (χ1n) is 3.80. The lowest BCUT2D eigenvalue weighted by Gasteiger charge is -1.97. The molecule has 0 aliphatic heterocycles. The third-order valence-electron chi connectivity index (χ3n) is 1.15. The standard InChI is InChI=1S/C8H11N3O2S/c1-3-13-7(12)6(4-9)5-11-8(10)14-2/h5H,3H2,1-2H3,(H2,10,11)/b6-5+. The Labute approximate surface area is 86.6 Å². The van der Waals surface area contributed by atoms with E-state index in [2.05, 4.69) is 9.73 Å². The molecule has 0 aromatic carbocycles. The lowest BCUT2D eigenvalue weighted by molar-refractivity contribution is -0.138. The van der Waals surface area contributed by atoms with Crippen molar-refractivity contribution in [2.45, 2.75) is 6.92 Å². The molecule has 0 unspecified atom stereocenters. The second-order valence-electron chi connectivity index (χ2n) is 2.05. The molecule has 0 spiro atoms. The van der Waals surface area contributed by atoms with Crippen molar-refractivity contribution < 1.29 is 9.53 Å². The number of rotatable bonds is 3. The molecule has 0 saturated carbocycles. The molecule has 0 rings (SSSR count). The van der Waals surface area contributed by atoms with Crippen molar-refractivity contribution in [2.24, 2.45) is 10.7 Å². The van der Waals surface area contributed by atoms with Gasteiger partial charge in [0.2, 0.25) is 0 Å². The van der Waals surface area contributed by atoms with Gasteiger partial charge in [-0.15, -0.1) is 0 Å². The fraction of sp³-hybridized carbons (Fsp3) is 0.375. The summed E-state index contributed by atoms with van der Waals surface area (Å²) in [5.41, 5.74) is 5.19. The van der Waals surface area contributed by atoms with Crippen LogP contribution in [0, 0.1) is 11.3 Å². The quantitative estimate of drug-likeness (QED) is 0.244. The number of thioether (sulfide) groups is 1. The first-order chi connectivity index (χ1) is 6.65. The van der Waals surface area contributed by atoms with Crippen LogP contribution >= 0.6 is 11.8 Å². The Morgan fingerprint density at radius 2 is 2.43 bits per heavy atom. The molecule has 0 radical (unpaired) electrons. The molecule has 0 fully saturated rings. The number of nitrogens with zero attached hydrogens (tertiary/aromatic N) is 2. The highest BCUT2D eigenvalue weighted by Gasteiger charge is 2.08. The van der Waals surface area contributed by atoms with Crippen LogP contribution in [0.5, 0.6) is 0 Å². The minimum absolute atomic E-state index is 0.163. The molecular formula is C8H11N3O2S. The number of carbonyl (C=O) groups excluding carboxylic acids is 1. The molecule has 0 aliphatic rings. The molecule has 0 heterocycles. The summed E-state index contributed by atoms with van der Waals surface area (Å²) in [5.74, 6) is -0.687. The summed E-state index contributed by atoms with van der Waals surface area (Å²) in [6, 6.07) is 1.68. The van der Waals surface area contributed by atoms with Crippen LogP contribution in [-0.4, -0.2) is 24.0 Å². The van der Waals surface area contributed by atoms with E-state index in [9.17, 15) is 4.79 Å². The van der Waals surface area contributed by atoms with Crippen molar-refractivity contribution in [2.75, 3.05) is 12.9 Å². The van der Waals surface area contributed by atoms with Gasteiger partial charge in [-0.1, -0.05) is 11.8 Å². The summed E-state index contributed by atoms with van der Waals surface area (Å²) in [6.07, 6.45) is 2.84. The molecule has 0 saturated heterocycles. The number of nitriles is 1. The van der Waals surface area contributed by atoms with Crippen molar-refractivity contribution >= 4 is 22.9 Å². The zero-order chi connectivity index (χ0) is 11.0. The van der Waals surface area contributed by atoms with Crippen LogP contribution in [0.2, 0.25) is 0 Å². The van der Waals surface area contributed by atoms with Crippen molar-refractivity contribution in [1.82, 2.24) is 0 Å². The van der Waals surface area contributed by atoms with E-state index < -0.39 is 5.97 Å². The van der Waals surface area contributed by atoms with E-state index in [1.165, 1.54) is 11.8 Å². The molecule has 0 aromatic rings. The van der Waals surface area contributed by atoms with E-state index in [-0.39, 0.29) is 17.3 Å². The van der Waals surface area contributed by atoms with Crippen LogP contribution < -0.4 is 5.73 Å². The number of hydrogen-bond acceptors (Lipinski definition) is 5. The number of hydrogen-bond donors (Lipinski definition) is 1. The topological polar surface area (TPSA) is 88.5 Å². The van der Waals surface area contributed by atoms with E-state index >= 15 is 0 Å². The molecule has 2 N–H and O–H groups in total. The van der Waals surface area contributed by atoms with Crippen molar-refractivity contribution in [3.8, 4) is 6.07 Å². The molecule has 0 atom stereocenters. The highest BCUT2D eigenvalue weighted by molar-refractivity contribution is 8.13. The highest BCUT2D eigenvalue weighted by Crippen LogP contribution is 1.99. The fourth-order valence-electron chi connectivity index (χ4n) is 0.517. The SMILES string of the molecule is CCOC(=O)/C(C#N)=C/N=C(N)SC. The van der Waals surface area contributed by atoms with Crippen molar-refractivity contribution in [3.63, 3.8) is 0 Å². The van der Waals surface area contributed by atoms with Crippen LogP contribution in [-0.2, 0) is 9.53 Å². The first-order valence-corrected chi connectivity index (χ1v) is 5.02. The number of amidine groups is 1. The Kier molecular flexibility index (Phi) is 6.24. The summed E-state index contributed by atoms with van der Waals surface area (Å²) in [5, 5.41) is 8.85. The number of ether oxygens (including phenoxy) is 1. The molecule has 0 aromatic heterocycles. The predicted molar refractivity (Wildman–Crippen MR) is 55.5 cm³/mol. The highest BCUT2D eigenvalue weighted by atomic mass is 32.2. The lowest BCUT2D eigenvalue weighted by atomic mass is 10.3. The first kappa shape index (κ1) is 12.5. The summed E-state index contributed by atoms with van der Waals surface area (Å²) in [6.45, 7) is 1.88. The molecule has 5 nitrogen and oxygen atoms in total. The minimum atomic E-state index is -0.687. The maximum Gasteiger partial charge on any atom is 0.350 e. The van der Waals surface area contributed by atoms with Crippen molar-refractivity contribution in [3.05, 3.63) is 11.8 Å². The smallest absolute Gasteiger partial charge is 0.350 e. The van der Waals surface area contributed by atoms with Crippen LogP contribution in [0.4, 0.5) is 0 Å². The van der Waals surface area contributed by atoms with Gasteiger partial charge in [0.05, 0.1) is 12.8 Å². The lowest BCUT2D eigenvalue weighted by Crippen LogP contribution is -2.07. The van der Waals surface area contributed by atoms with Gasteiger partial charge in [0.15, 0.2) is 10.7 Å². The Morgan fingerprint density at radius 1 is 1.79 bits per heavy atom. The Morgan fingerprint density at radius 3 is 2.86 bits per heavy atom. The van der Waals surface area contributed by atoms with E-state index in [0.717, 1.165) is 6.20 Å². The van der Waals surface area contributed by atoms with Gasteiger partial charge in [0.25, 0.3) is 0 Å². The van der Waals surface area contributed by atoms with Gasteiger partial charge in [0, 0.05) is 0 Å². The Balaban J connectivity index is 4.58. The zero-order valence-corrected chi connectivity index (χ0v) is 8.80. The second-order valence-corrected chi connectivity index (χ2v) is 2.87. The van der Waals surface area contributed by atoms with Crippen molar-refractivity contribution in [1.29, 1.82) is 5.26 Å². The fourth-order valence-corrected chi connectivity index (χ4v) is 0.675. The summed E-state index contributed by atoms with van der Waals surface area (Å²) in [7, 11) is 0. The predicted octanol–water partition coefficient (Wildman–Crippen LogP) is 0.635. The molecule has 0 bridgehead atoms. The maximum atomic E-state index is 11.0. The van der Waals surface area contributed by atoms with Gasteiger partial charge in [-0.2, -0.15) is 5.26 Å². The van der Waals surface area contributed by atoms with E-state index in [4.69, 9.17) is 11.0 Å². The van der Waals surface area contributed by atoms with E-state index in [1.807, 2.05) is 0 Å². The summed E-state index contributed by atoms with van der Waals surface area (Å²) >= 11 is 1.22. The van der Waals surface area contributed by atoms with Gasteiger partial charge in [0.1, 0.15) is 6.07 Å². The average Bonchev–Trinajstić information content (AvgIpc) is 2.18. The molecule has 76 valence electrons. The number of esters is 1. The monoisotopic (exact) mass is 213 g/mol. The Bertz CT molecular complexity index is 304. The number of aliphatic imine (C=N–C) groups is 1. The molecule has 14 heavy (non-hydrogen) atoms. The second kappa shape index (κ2) is 6.97.